The Labute approximate surface area is 92.3 Å². The number of aromatic nitrogens is 2. The van der Waals surface area contributed by atoms with E-state index in [1.807, 2.05) is 43.4 Å². The number of hydrogen-bond acceptors (Lipinski definition) is 3. The molecule has 0 atom stereocenters. The molecule has 0 aliphatic rings. The second kappa shape index (κ2) is 3.41. The van der Waals surface area contributed by atoms with Gasteiger partial charge in [-0.3, -0.25) is 5.10 Å². The smallest absolute Gasteiger partial charge is 0.153 e. The molecule has 2 aromatic heterocycles. The minimum atomic E-state index is 0.801. The van der Waals surface area contributed by atoms with Crippen LogP contribution in [0.1, 0.15) is 0 Å². The summed E-state index contributed by atoms with van der Waals surface area (Å²) in [6, 6.07) is 11.8. The molecule has 4 nitrogen and oxygen atoms in total. The first-order valence-electron chi connectivity index (χ1n) is 5.09. The number of para-hydroxylation sites is 1. The quantitative estimate of drug-likeness (QED) is 0.688. The van der Waals surface area contributed by atoms with Crippen molar-refractivity contribution in [3.8, 4) is 11.5 Å². The minimum Gasteiger partial charge on any atom is -0.454 e. The van der Waals surface area contributed by atoms with Crippen molar-refractivity contribution in [1.82, 2.24) is 10.2 Å². The molecule has 0 saturated heterocycles. The Hall–Kier alpha value is -2.23. The molecule has 0 radical (unpaired) electrons. The largest absolute Gasteiger partial charge is 0.454 e. The lowest BCUT2D eigenvalue weighted by Crippen LogP contribution is -1.85. The predicted molar refractivity (Wildman–Crippen MR) is 63.3 cm³/mol. The second-order valence-corrected chi connectivity index (χ2v) is 3.57. The number of nitrogens with zero attached hydrogens (tertiary/aromatic N) is 1. The third-order valence-corrected chi connectivity index (χ3v) is 2.52. The van der Waals surface area contributed by atoms with Crippen LogP contribution >= 0.6 is 0 Å². The van der Waals surface area contributed by atoms with Gasteiger partial charge in [0, 0.05) is 18.5 Å². The summed E-state index contributed by atoms with van der Waals surface area (Å²) in [4.78, 5) is 0. The Bertz CT molecular complexity index is 591. The van der Waals surface area contributed by atoms with Gasteiger partial charge in [-0.25, -0.2) is 0 Å². The molecule has 0 amide bonds. The fraction of sp³-hybridized carbons (Fsp3) is 0.0833. The summed E-state index contributed by atoms with van der Waals surface area (Å²) >= 11 is 0. The number of benzene rings is 1. The van der Waals surface area contributed by atoms with Gasteiger partial charge >= 0.3 is 0 Å². The number of nitrogens with one attached hydrogen (secondary N) is 2. The van der Waals surface area contributed by atoms with Gasteiger partial charge in [-0.2, -0.15) is 5.10 Å². The third kappa shape index (κ3) is 1.35. The van der Waals surface area contributed by atoms with Crippen LogP contribution in [0, 0.1) is 0 Å². The highest BCUT2D eigenvalue weighted by atomic mass is 16.3. The fourth-order valence-electron chi connectivity index (χ4n) is 1.69. The van der Waals surface area contributed by atoms with Gasteiger partial charge in [-0.05, 0) is 12.1 Å². The number of fused-ring (bicyclic) bond motifs is 1. The molecule has 2 N–H and O–H groups in total. The van der Waals surface area contributed by atoms with Gasteiger partial charge in [0.15, 0.2) is 5.76 Å². The first-order chi connectivity index (χ1) is 7.86. The van der Waals surface area contributed by atoms with Crippen LogP contribution in [0.15, 0.2) is 40.8 Å². The molecular weight excluding hydrogens is 202 g/mol. The van der Waals surface area contributed by atoms with Gasteiger partial charge in [0.25, 0.3) is 0 Å². The van der Waals surface area contributed by atoms with Gasteiger partial charge in [-0.15, -0.1) is 0 Å². The van der Waals surface area contributed by atoms with Crippen LogP contribution in [-0.4, -0.2) is 17.2 Å². The van der Waals surface area contributed by atoms with E-state index < -0.39 is 0 Å². The maximum atomic E-state index is 5.71. The number of furan rings is 1. The summed E-state index contributed by atoms with van der Waals surface area (Å²) in [5.74, 6) is 1.60. The number of rotatable bonds is 2. The fourth-order valence-corrected chi connectivity index (χ4v) is 1.69. The van der Waals surface area contributed by atoms with Crippen molar-refractivity contribution < 1.29 is 4.42 Å². The summed E-state index contributed by atoms with van der Waals surface area (Å²) in [5, 5.41) is 11.1. The van der Waals surface area contributed by atoms with E-state index >= 15 is 0 Å². The van der Waals surface area contributed by atoms with Crippen LogP contribution < -0.4 is 5.32 Å². The standard InChI is InChI=1S/C12H11N3O/c1-13-12-7-9(14-15-12)11-6-8-4-2-3-5-10(8)16-11/h2-7H,1H3,(H2,13,14,15). The van der Waals surface area contributed by atoms with Crippen LogP contribution in [-0.2, 0) is 0 Å². The number of hydrogen-bond donors (Lipinski definition) is 2. The highest BCUT2D eigenvalue weighted by molar-refractivity contribution is 5.82. The van der Waals surface area contributed by atoms with Crippen LogP contribution in [0.5, 0.6) is 0 Å². The van der Waals surface area contributed by atoms with Crippen LogP contribution in [0.3, 0.4) is 0 Å². The van der Waals surface area contributed by atoms with E-state index in [0.29, 0.717) is 0 Å². The molecule has 16 heavy (non-hydrogen) atoms. The van der Waals surface area contributed by atoms with E-state index in [1.165, 1.54) is 0 Å². The summed E-state index contributed by atoms with van der Waals surface area (Å²) in [7, 11) is 1.83. The zero-order chi connectivity index (χ0) is 11.0. The van der Waals surface area contributed by atoms with Crippen LogP contribution in [0.4, 0.5) is 5.82 Å². The second-order valence-electron chi connectivity index (χ2n) is 3.57. The van der Waals surface area contributed by atoms with Crippen molar-refractivity contribution in [1.29, 1.82) is 0 Å². The van der Waals surface area contributed by atoms with Gasteiger partial charge in [0.2, 0.25) is 0 Å². The monoisotopic (exact) mass is 213 g/mol. The van der Waals surface area contributed by atoms with Gasteiger partial charge in [0.05, 0.1) is 0 Å². The van der Waals surface area contributed by atoms with Crippen LogP contribution in [0.25, 0.3) is 22.4 Å². The average molecular weight is 213 g/mol. The molecule has 1 aromatic carbocycles. The molecule has 0 bridgehead atoms. The number of anilines is 1. The zero-order valence-corrected chi connectivity index (χ0v) is 8.82. The van der Waals surface area contributed by atoms with Crippen molar-refractivity contribution in [2.24, 2.45) is 0 Å². The lowest BCUT2D eigenvalue weighted by Gasteiger charge is -1.87. The normalized spacial score (nSPS) is 10.8. The topological polar surface area (TPSA) is 53.9 Å². The molecule has 80 valence electrons. The maximum absolute atomic E-state index is 5.71. The highest BCUT2D eigenvalue weighted by Gasteiger charge is 2.08. The minimum absolute atomic E-state index is 0.801. The average Bonchev–Trinajstić information content (AvgIpc) is 2.95. The molecule has 0 saturated carbocycles. The Balaban J connectivity index is 2.11. The van der Waals surface area contributed by atoms with Gasteiger partial charge < -0.3 is 9.73 Å². The molecule has 0 spiro atoms. The van der Waals surface area contributed by atoms with Crippen molar-refractivity contribution in [2.45, 2.75) is 0 Å². The zero-order valence-electron chi connectivity index (χ0n) is 8.82. The predicted octanol–water partition coefficient (Wildman–Crippen LogP) is 2.86. The first kappa shape index (κ1) is 9.03. The summed E-state index contributed by atoms with van der Waals surface area (Å²) in [5.41, 5.74) is 1.76. The van der Waals surface area contributed by atoms with Crippen molar-refractivity contribution >= 4 is 16.8 Å². The van der Waals surface area contributed by atoms with Gasteiger partial charge in [0.1, 0.15) is 17.1 Å². The number of H-pyrrole nitrogens is 1. The van der Waals surface area contributed by atoms with E-state index in [9.17, 15) is 0 Å². The molecule has 2 heterocycles. The number of aromatic amines is 1. The molecule has 0 unspecified atom stereocenters. The van der Waals surface area contributed by atoms with Gasteiger partial charge in [-0.1, -0.05) is 18.2 Å². The Kier molecular flexibility index (Phi) is 1.93. The van der Waals surface area contributed by atoms with E-state index in [-0.39, 0.29) is 0 Å². The van der Waals surface area contributed by atoms with E-state index in [4.69, 9.17) is 4.42 Å². The first-order valence-corrected chi connectivity index (χ1v) is 5.09. The third-order valence-electron chi connectivity index (χ3n) is 2.52. The molecule has 4 heteroatoms. The lowest BCUT2D eigenvalue weighted by atomic mass is 10.2. The van der Waals surface area contributed by atoms with E-state index in [2.05, 4.69) is 15.5 Å². The summed E-state index contributed by atoms with van der Waals surface area (Å²) in [6.07, 6.45) is 0. The lowest BCUT2D eigenvalue weighted by molar-refractivity contribution is 0.628. The highest BCUT2D eigenvalue weighted by Crippen LogP contribution is 2.27. The Morgan fingerprint density at radius 2 is 2.12 bits per heavy atom. The van der Waals surface area contributed by atoms with E-state index in [0.717, 1.165) is 28.2 Å². The molecule has 0 aliphatic carbocycles. The Morgan fingerprint density at radius 1 is 1.25 bits per heavy atom. The Morgan fingerprint density at radius 3 is 2.88 bits per heavy atom. The molecule has 3 aromatic rings. The van der Waals surface area contributed by atoms with Crippen molar-refractivity contribution in [3.05, 3.63) is 36.4 Å². The molecule has 3 rings (SSSR count). The van der Waals surface area contributed by atoms with Crippen molar-refractivity contribution in [3.63, 3.8) is 0 Å². The summed E-state index contributed by atoms with van der Waals surface area (Å²) < 4.78 is 5.71. The van der Waals surface area contributed by atoms with Crippen molar-refractivity contribution in [2.75, 3.05) is 12.4 Å². The summed E-state index contributed by atoms with van der Waals surface area (Å²) in [6.45, 7) is 0. The van der Waals surface area contributed by atoms with Crippen LogP contribution in [0.2, 0.25) is 0 Å². The molecule has 0 aliphatic heterocycles. The maximum Gasteiger partial charge on any atom is 0.153 e. The SMILES string of the molecule is CNc1cc(-c2cc3ccccc3o2)[nH]n1. The molecule has 0 fully saturated rings. The van der Waals surface area contributed by atoms with E-state index in [1.54, 1.807) is 0 Å². The molecular formula is C12H11N3O.